The van der Waals surface area contributed by atoms with Crippen molar-refractivity contribution in [2.24, 2.45) is 0 Å². The summed E-state index contributed by atoms with van der Waals surface area (Å²) in [5, 5.41) is 0. The van der Waals surface area contributed by atoms with Crippen LogP contribution in [0.25, 0.3) is 0 Å². The summed E-state index contributed by atoms with van der Waals surface area (Å²) in [6.07, 6.45) is 3.25. The van der Waals surface area contributed by atoms with Crippen molar-refractivity contribution in [2.75, 3.05) is 5.73 Å². The van der Waals surface area contributed by atoms with Crippen molar-refractivity contribution in [3.8, 4) is 0 Å². The van der Waals surface area contributed by atoms with Crippen LogP contribution >= 0.6 is 22.5 Å². The number of thiol groups is 1. The second-order valence-corrected chi connectivity index (χ2v) is 2.57. The fraction of sp³-hybridized carbons (Fsp3) is 0. The molecule has 0 amide bonds. The third kappa shape index (κ3) is 1.76. The maximum atomic E-state index is 5.22. The molecule has 1 heterocycles. The van der Waals surface area contributed by atoms with Crippen molar-refractivity contribution >= 4 is 28.4 Å². The van der Waals surface area contributed by atoms with Crippen LogP contribution in [0.3, 0.4) is 0 Å². The molecule has 1 aromatic rings. The summed E-state index contributed by atoms with van der Waals surface area (Å²) < 4.78 is 0. The third-order valence-corrected chi connectivity index (χ3v) is 1.81. The van der Waals surface area contributed by atoms with Gasteiger partial charge in [0.05, 0.1) is 4.90 Å². The lowest BCUT2D eigenvalue weighted by molar-refractivity contribution is 1.12. The minimum absolute atomic E-state index is 0.293. The Balaban J connectivity index is 2.88. The molecule has 0 aliphatic heterocycles. The predicted octanol–water partition coefficient (Wildman–Crippen LogP) is 0.996. The molecule has 1 rings (SSSR count). The van der Waals surface area contributed by atoms with Gasteiger partial charge >= 0.3 is 0 Å². The van der Waals surface area contributed by atoms with Crippen molar-refractivity contribution in [3.05, 3.63) is 12.4 Å². The molecule has 0 spiro atoms. The van der Waals surface area contributed by atoms with Gasteiger partial charge in [-0.2, -0.15) is 0 Å². The normalized spacial score (nSPS) is 9.44. The fourth-order valence-corrected chi connectivity index (χ4v) is 0.856. The lowest BCUT2D eigenvalue weighted by Crippen LogP contribution is -1.91. The molecule has 0 saturated heterocycles. The Hall–Kier alpha value is -0.420. The highest BCUT2D eigenvalue weighted by atomic mass is 33.1. The van der Waals surface area contributed by atoms with Gasteiger partial charge in [-0.1, -0.05) is 10.8 Å². The Morgan fingerprint density at radius 3 is 2.44 bits per heavy atom. The number of hydrogen-bond donors (Lipinski definition) is 2. The number of nitrogens with two attached hydrogens (primary N) is 1. The average molecular weight is 159 g/mol. The second kappa shape index (κ2) is 2.93. The Kier molecular flexibility index (Phi) is 2.18. The lowest BCUT2D eigenvalue weighted by atomic mass is 10.7. The molecule has 1 aromatic heterocycles. The van der Waals surface area contributed by atoms with Crippen LogP contribution in [0.5, 0.6) is 0 Å². The number of nitrogen functional groups attached to an aromatic ring is 1. The van der Waals surface area contributed by atoms with E-state index in [1.54, 1.807) is 12.4 Å². The van der Waals surface area contributed by atoms with Crippen LogP contribution in [0.2, 0.25) is 0 Å². The van der Waals surface area contributed by atoms with E-state index in [2.05, 4.69) is 21.6 Å². The fourth-order valence-electron chi connectivity index (χ4n) is 0.373. The van der Waals surface area contributed by atoms with Gasteiger partial charge in [0.2, 0.25) is 5.95 Å². The van der Waals surface area contributed by atoms with E-state index >= 15 is 0 Å². The number of rotatable bonds is 1. The van der Waals surface area contributed by atoms with E-state index in [9.17, 15) is 0 Å². The van der Waals surface area contributed by atoms with Crippen molar-refractivity contribution in [3.63, 3.8) is 0 Å². The van der Waals surface area contributed by atoms with Gasteiger partial charge in [0.15, 0.2) is 0 Å². The van der Waals surface area contributed by atoms with Crippen LogP contribution in [-0.4, -0.2) is 9.97 Å². The maximum Gasteiger partial charge on any atom is 0.219 e. The van der Waals surface area contributed by atoms with Gasteiger partial charge in [0.25, 0.3) is 0 Å². The van der Waals surface area contributed by atoms with Crippen LogP contribution in [0.1, 0.15) is 0 Å². The van der Waals surface area contributed by atoms with Gasteiger partial charge in [-0.05, 0) is 0 Å². The average Bonchev–Trinajstić information content (AvgIpc) is 1.90. The highest BCUT2D eigenvalue weighted by molar-refractivity contribution is 8.68. The summed E-state index contributed by atoms with van der Waals surface area (Å²) in [5.74, 6) is 0.293. The minimum atomic E-state index is 0.293. The van der Waals surface area contributed by atoms with E-state index in [1.807, 2.05) is 0 Å². The molecule has 0 atom stereocenters. The minimum Gasteiger partial charge on any atom is -0.368 e. The molecule has 0 saturated carbocycles. The summed E-state index contributed by atoms with van der Waals surface area (Å²) in [7, 11) is 1.29. The van der Waals surface area contributed by atoms with Gasteiger partial charge in [0, 0.05) is 12.4 Å². The van der Waals surface area contributed by atoms with Crippen LogP contribution in [0, 0.1) is 0 Å². The molecule has 0 aliphatic rings. The zero-order valence-electron chi connectivity index (χ0n) is 4.48. The molecule has 0 aliphatic carbocycles. The summed E-state index contributed by atoms with van der Waals surface area (Å²) in [6, 6.07) is 0. The van der Waals surface area contributed by atoms with Crippen molar-refractivity contribution in [2.45, 2.75) is 4.90 Å². The molecular weight excluding hydrogens is 154 g/mol. The molecule has 2 N–H and O–H groups in total. The van der Waals surface area contributed by atoms with Crippen molar-refractivity contribution < 1.29 is 0 Å². The molecule has 48 valence electrons. The van der Waals surface area contributed by atoms with Gasteiger partial charge in [-0.3, -0.25) is 0 Å². The smallest absolute Gasteiger partial charge is 0.219 e. The zero-order chi connectivity index (χ0) is 6.69. The predicted molar refractivity (Wildman–Crippen MR) is 41.3 cm³/mol. The Morgan fingerprint density at radius 2 is 2.00 bits per heavy atom. The number of aromatic nitrogens is 2. The van der Waals surface area contributed by atoms with E-state index in [-0.39, 0.29) is 0 Å². The highest BCUT2D eigenvalue weighted by Crippen LogP contribution is 2.18. The van der Waals surface area contributed by atoms with Gasteiger partial charge in [-0.15, -0.1) is 11.7 Å². The molecule has 0 unspecified atom stereocenters. The summed E-state index contributed by atoms with van der Waals surface area (Å²) >= 11 is 3.94. The molecule has 5 heteroatoms. The molecule has 0 radical (unpaired) electrons. The zero-order valence-corrected chi connectivity index (χ0v) is 6.19. The van der Waals surface area contributed by atoms with Gasteiger partial charge in [0.1, 0.15) is 0 Å². The molecule has 0 aromatic carbocycles. The van der Waals surface area contributed by atoms with E-state index in [4.69, 9.17) is 5.73 Å². The van der Waals surface area contributed by atoms with Crippen LogP contribution in [-0.2, 0) is 0 Å². The first-order chi connectivity index (χ1) is 4.33. The quantitative estimate of drug-likeness (QED) is 0.474. The first-order valence-corrected chi connectivity index (χ1v) is 4.09. The monoisotopic (exact) mass is 159 g/mol. The van der Waals surface area contributed by atoms with E-state index < -0.39 is 0 Å². The summed E-state index contributed by atoms with van der Waals surface area (Å²) in [6.45, 7) is 0. The third-order valence-electron chi connectivity index (χ3n) is 0.754. The Morgan fingerprint density at radius 1 is 1.44 bits per heavy atom. The van der Waals surface area contributed by atoms with Crippen LogP contribution in [0.4, 0.5) is 5.95 Å². The first kappa shape index (κ1) is 6.70. The van der Waals surface area contributed by atoms with E-state index in [0.29, 0.717) is 5.95 Å². The van der Waals surface area contributed by atoms with E-state index in [1.165, 1.54) is 10.8 Å². The van der Waals surface area contributed by atoms with Crippen LogP contribution in [0.15, 0.2) is 17.3 Å². The molecule has 0 fully saturated rings. The first-order valence-electron chi connectivity index (χ1n) is 2.22. The summed E-state index contributed by atoms with van der Waals surface area (Å²) in [5.41, 5.74) is 5.22. The van der Waals surface area contributed by atoms with Crippen LogP contribution < -0.4 is 5.73 Å². The molecular formula is C4H5N3S2. The van der Waals surface area contributed by atoms with Gasteiger partial charge < -0.3 is 5.73 Å². The van der Waals surface area contributed by atoms with E-state index in [0.717, 1.165) is 4.90 Å². The standard InChI is InChI=1S/C4H5N3S2/c5-4-6-1-3(9-8)2-7-4/h1-2,8H,(H2,5,6,7). The summed E-state index contributed by atoms with van der Waals surface area (Å²) in [4.78, 5) is 8.39. The Labute approximate surface area is 61.9 Å². The highest BCUT2D eigenvalue weighted by Gasteiger charge is 1.89. The number of anilines is 1. The molecule has 0 bridgehead atoms. The van der Waals surface area contributed by atoms with Crippen molar-refractivity contribution in [1.29, 1.82) is 0 Å². The van der Waals surface area contributed by atoms with Gasteiger partial charge in [-0.25, -0.2) is 9.97 Å². The molecule has 9 heavy (non-hydrogen) atoms. The van der Waals surface area contributed by atoms with Crippen molar-refractivity contribution in [1.82, 2.24) is 9.97 Å². The lowest BCUT2D eigenvalue weighted by Gasteiger charge is -1.91. The SMILES string of the molecule is Nc1ncc(SS)cn1. The number of nitrogens with zero attached hydrogens (tertiary/aromatic N) is 2. The Bertz CT molecular complexity index is 186. The molecule has 3 nitrogen and oxygen atoms in total. The topological polar surface area (TPSA) is 51.8 Å². The maximum absolute atomic E-state index is 5.22. The largest absolute Gasteiger partial charge is 0.368 e. The number of hydrogen-bond acceptors (Lipinski definition) is 5. The second-order valence-electron chi connectivity index (χ2n) is 1.37.